The number of fused-ring (bicyclic) bond motifs is 3. The summed E-state index contributed by atoms with van der Waals surface area (Å²) in [5, 5.41) is 23.9. The molecule has 1 amide bonds. The van der Waals surface area contributed by atoms with Crippen LogP contribution in [0, 0.1) is 16.7 Å². The molecule has 4 aliphatic heterocycles. The van der Waals surface area contributed by atoms with Gasteiger partial charge in [0.25, 0.3) is 0 Å². The first-order chi connectivity index (χ1) is 19.9. The van der Waals surface area contributed by atoms with E-state index in [0.717, 1.165) is 18.4 Å². The number of nitriles is 1. The minimum Gasteiger partial charge on any atom is -0.497 e. The summed E-state index contributed by atoms with van der Waals surface area (Å²) >= 11 is 0. The number of benzene rings is 3. The van der Waals surface area contributed by atoms with Crippen molar-refractivity contribution in [2.24, 2.45) is 5.41 Å². The van der Waals surface area contributed by atoms with E-state index in [1.807, 2.05) is 42.5 Å². The van der Waals surface area contributed by atoms with E-state index in [1.54, 1.807) is 48.4 Å². The Labute approximate surface area is 237 Å². The van der Waals surface area contributed by atoms with Crippen LogP contribution in [-0.4, -0.2) is 59.1 Å². The number of carbonyl (C=O) groups is 2. The molecule has 0 aromatic heterocycles. The molecule has 7 atom stereocenters. The largest absolute Gasteiger partial charge is 0.497 e. The molecule has 3 aromatic carbocycles. The van der Waals surface area contributed by atoms with Crippen LogP contribution in [0.5, 0.6) is 5.75 Å². The molecule has 0 bridgehead atoms. The second-order valence-electron chi connectivity index (χ2n) is 11.8. The number of amides is 1. The number of ketones is 1. The predicted octanol–water partition coefficient (Wildman–Crippen LogP) is 3.75. The lowest BCUT2D eigenvalue weighted by Crippen LogP contribution is -2.69. The number of rotatable bonds is 4. The van der Waals surface area contributed by atoms with Crippen LogP contribution < -0.4 is 9.64 Å². The lowest BCUT2D eigenvalue weighted by Gasteiger charge is -2.52. The zero-order valence-corrected chi connectivity index (χ0v) is 22.6. The Bertz CT molecular complexity index is 1640. The number of aliphatic hydroxyl groups is 1. The van der Waals surface area contributed by atoms with Crippen molar-refractivity contribution in [3.8, 4) is 11.8 Å². The third-order valence-corrected chi connectivity index (χ3v) is 10.3. The number of β-lactam (4-membered cyclic amide) rings is 1. The smallest absolute Gasteiger partial charge is 0.237 e. The predicted molar refractivity (Wildman–Crippen MR) is 148 cm³/mol. The van der Waals surface area contributed by atoms with E-state index in [-0.39, 0.29) is 17.7 Å². The van der Waals surface area contributed by atoms with Crippen molar-refractivity contribution in [3.63, 3.8) is 0 Å². The van der Waals surface area contributed by atoms with Gasteiger partial charge in [0.1, 0.15) is 17.3 Å². The van der Waals surface area contributed by atoms with Gasteiger partial charge in [-0.25, -0.2) is 0 Å². The molecular formula is C33H29N3O5. The molecule has 1 spiro atoms. The Kier molecular flexibility index (Phi) is 4.99. The van der Waals surface area contributed by atoms with Gasteiger partial charge in [-0.2, -0.15) is 5.26 Å². The monoisotopic (exact) mass is 547 g/mol. The standard InChI is InChI=1S/C33H29N3O5/c1-40-23-15-13-21(14-16-23)36-27(26(30(36)38)20-8-3-2-4-9-20)29-31(19-34)18-22-10-7-17-35(22)32(31)28(37)24-11-5-6-12-25(24)33(32,39)41-29/h2-6,8-9,11-16,22,26-27,29,39H,7,10,17-18H2,1H3/t22-,26-,27+,29+,31-,32+,33-/m1/s1. The maximum absolute atomic E-state index is 14.6. The van der Waals surface area contributed by atoms with Gasteiger partial charge in [-0.05, 0) is 55.6 Å². The van der Waals surface area contributed by atoms with Crippen molar-refractivity contribution in [2.45, 2.75) is 54.7 Å². The van der Waals surface area contributed by atoms with Gasteiger partial charge in [0, 0.05) is 22.9 Å². The van der Waals surface area contributed by atoms with Crippen molar-refractivity contribution in [1.82, 2.24) is 4.90 Å². The molecule has 206 valence electrons. The van der Waals surface area contributed by atoms with Gasteiger partial charge < -0.3 is 19.5 Å². The molecule has 4 fully saturated rings. The Morgan fingerprint density at radius 3 is 2.49 bits per heavy atom. The van der Waals surface area contributed by atoms with E-state index < -0.39 is 34.8 Å². The van der Waals surface area contributed by atoms with Crippen molar-refractivity contribution >= 4 is 17.4 Å². The molecule has 4 heterocycles. The van der Waals surface area contributed by atoms with E-state index in [2.05, 4.69) is 11.0 Å². The molecule has 8 rings (SSSR count). The van der Waals surface area contributed by atoms with Gasteiger partial charge in [0.2, 0.25) is 11.7 Å². The highest BCUT2D eigenvalue weighted by Gasteiger charge is 2.88. The minimum atomic E-state index is -2.02. The van der Waals surface area contributed by atoms with Crippen LogP contribution in [0.3, 0.4) is 0 Å². The van der Waals surface area contributed by atoms with Gasteiger partial charge >= 0.3 is 0 Å². The van der Waals surface area contributed by atoms with Crippen LogP contribution in [0.2, 0.25) is 0 Å². The number of hydrogen-bond donors (Lipinski definition) is 1. The molecule has 5 aliphatic rings. The summed E-state index contributed by atoms with van der Waals surface area (Å²) in [5.74, 6) is -2.35. The molecule has 0 radical (unpaired) electrons. The normalized spacial score (nSPS) is 36.8. The average Bonchev–Trinajstić information content (AvgIpc) is 3.68. The summed E-state index contributed by atoms with van der Waals surface area (Å²) in [6, 6.07) is 25.7. The van der Waals surface area contributed by atoms with Crippen LogP contribution in [0.15, 0.2) is 78.9 Å². The molecule has 0 saturated carbocycles. The number of anilines is 1. The molecule has 8 nitrogen and oxygen atoms in total. The van der Waals surface area contributed by atoms with Crippen LogP contribution in [0.1, 0.15) is 46.7 Å². The van der Waals surface area contributed by atoms with Crippen LogP contribution >= 0.6 is 0 Å². The third kappa shape index (κ3) is 2.70. The number of nitrogens with zero attached hydrogens (tertiary/aromatic N) is 3. The van der Waals surface area contributed by atoms with Gasteiger partial charge in [-0.15, -0.1) is 0 Å². The quantitative estimate of drug-likeness (QED) is 0.497. The lowest BCUT2D eigenvalue weighted by molar-refractivity contribution is -0.241. The summed E-state index contributed by atoms with van der Waals surface area (Å²) in [6.45, 7) is 0.597. The summed E-state index contributed by atoms with van der Waals surface area (Å²) in [6.07, 6.45) is 1.18. The maximum Gasteiger partial charge on any atom is 0.237 e. The number of ether oxygens (including phenoxy) is 2. The Hall–Kier alpha value is -4.03. The fourth-order valence-electron chi connectivity index (χ4n) is 8.78. The fourth-order valence-corrected chi connectivity index (χ4v) is 8.78. The van der Waals surface area contributed by atoms with Gasteiger partial charge in [0.15, 0.2) is 11.3 Å². The Morgan fingerprint density at radius 1 is 1.02 bits per heavy atom. The van der Waals surface area contributed by atoms with E-state index in [1.165, 1.54) is 0 Å². The molecule has 8 heteroatoms. The number of hydrogen-bond acceptors (Lipinski definition) is 7. The average molecular weight is 548 g/mol. The first kappa shape index (κ1) is 24.7. The second kappa shape index (κ2) is 8.26. The van der Waals surface area contributed by atoms with E-state index in [0.29, 0.717) is 35.5 Å². The summed E-state index contributed by atoms with van der Waals surface area (Å²) in [5.41, 5.74) is -0.711. The first-order valence-corrected chi connectivity index (χ1v) is 14.2. The van der Waals surface area contributed by atoms with E-state index >= 15 is 0 Å². The SMILES string of the molecule is COc1ccc(N2C(=O)[C@H](c3ccccc3)[C@H]2[C@@H]2O[C@]3(O)c4ccccc4C(=O)[C@@]34N3CCC[C@@H]3C[C@@]24C#N)cc1. The highest BCUT2D eigenvalue weighted by molar-refractivity contribution is 6.11. The topological polar surface area (TPSA) is 103 Å². The van der Waals surface area contributed by atoms with Gasteiger partial charge in [-0.3, -0.25) is 14.5 Å². The maximum atomic E-state index is 14.6. The van der Waals surface area contributed by atoms with Crippen LogP contribution in [0.4, 0.5) is 5.69 Å². The number of methoxy groups -OCH3 is 1. The number of Topliss-reactive ketones (excluding diaryl/α,β-unsaturated/α-hetero) is 1. The zero-order chi connectivity index (χ0) is 28.1. The minimum absolute atomic E-state index is 0.0359. The first-order valence-electron chi connectivity index (χ1n) is 14.2. The molecule has 1 aliphatic carbocycles. The Morgan fingerprint density at radius 2 is 1.76 bits per heavy atom. The molecule has 1 N–H and O–H groups in total. The van der Waals surface area contributed by atoms with Crippen molar-refractivity contribution in [1.29, 1.82) is 5.26 Å². The van der Waals surface area contributed by atoms with Crippen molar-refractivity contribution < 1.29 is 24.2 Å². The van der Waals surface area contributed by atoms with Crippen molar-refractivity contribution in [3.05, 3.63) is 95.6 Å². The van der Waals surface area contributed by atoms with E-state index in [4.69, 9.17) is 9.47 Å². The van der Waals surface area contributed by atoms with E-state index in [9.17, 15) is 20.0 Å². The summed E-state index contributed by atoms with van der Waals surface area (Å²) < 4.78 is 12.1. The number of carbonyl (C=O) groups excluding carboxylic acids is 2. The van der Waals surface area contributed by atoms with Crippen LogP contribution in [0.25, 0.3) is 0 Å². The van der Waals surface area contributed by atoms with Gasteiger partial charge in [-0.1, -0.05) is 54.6 Å². The molecular weight excluding hydrogens is 518 g/mol. The molecule has 3 aromatic rings. The zero-order valence-electron chi connectivity index (χ0n) is 22.6. The fraction of sp³-hybridized carbons (Fsp3) is 0.364. The summed E-state index contributed by atoms with van der Waals surface area (Å²) in [4.78, 5) is 32.3. The Balaban J connectivity index is 1.35. The third-order valence-electron chi connectivity index (χ3n) is 10.3. The highest BCUT2D eigenvalue weighted by atomic mass is 16.6. The van der Waals surface area contributed by atoms with Gasteiger partial charge in [0.05, 0.1) is 25.1 Å². The molecule has 41 heavy (non-hydrogen) atoms. The second-order valence-corrected chi connectivity index (χ2v) is 11.8. The van der Waals surface area contributed by atoms with Crippen molar-refractivity contribution in [2.75, 3.05) is 18.6 Å². The van der Waals surface area contributed by atoms with Crippen LogP contribution in [-0.2, 0) is 15.3 Å². The molecule has 0 unspecified atom stereocenters. The molecule has 4 saturated heterocycles. The highest BCUT2D eigenvalue weighted by Crippen LogP contribution is 2.72. The lowest BCUT2D eigenvalue weighted by atomic mass is 9.60. The summed E-state index contributed by atoms with van der Waals surface area (Å²) in [7, 11) is 1.58.